The molecule has 5 nitrogen and oxygen atoms in total. The van der Waals surface area contributed by atoms with E-state index in [9.17, 15) is 9.59 Å². The van der Waals surface area contributed by atoms with Gasteiger partial charge in [0.1, 0.15) is 0 Å². The number of carbonyl (C=O) groups is 2. The molecule has 0 aliphatic heterocycles. The van der Waals surface area contributed by atoms with Crippen molar-refractivity contribution in [3.63, 3.8) is 0 Å². The van der Waals surface area contributed by atoms with Crippen molar-refractivity contribution in [2.75, 3.05) is 11.9 Å². The van der Waals surface area contributed by atoms with Crippen LogP contribution in [0.15, 0.2) is 22.7 Å². The molecular weight excluding hydrogens is 336 g/mol. The average molecular weight is 350 g/mol. The fourth-order valence-corrected chi connectivity index (χ4v) is 2.10. The van der Waals surface area contributed by atoms with Gasteiger partial charge < -0.3 is 15.7 Å². The van der Waals surface area contributed by atoms with Crippen LogP contribution < -0.4 is 10.6 Å². The molecule has 0 aromatic heterocycles. The van der Waals surface area contributed by atoms with E-state index in [2.05, 4.69) is 26.6 Å². The lowest BCUT2D eigenvalue weighted by Gasteiger charge is -2.12. The van der Waals surface area contributed by atoms with Crippen LogP contribution in [0.3, 0.4) is 0 Å². The van der Waals surface area contributed by atoms with Gasteiger partial charge in [0.15, 0.2) is 0 Å². The van der Waals surface area contributed by atoms with E-state index in [1.54, 1.807) is 25.1 Å². The molecule has 0 spiro atoms. The van der Waals surface area contributed by atoms with Gasteiger partial charge in [0, 0.05) is 11.0 Å². The van der Waals surface area contributed by atoms with Crippen molar-refractivity contribution in [1.29, 1.82) is 0 Å². The highest BCUT2D eigenvalue weighted by Gasteiger charge is 2.16. The third-order valence-corrected chi connectivity index (χ3v) is 3.34. The van der Waals surface area contributed by atoms with E-state index in [-0.39, 0.29) is 6.54 Å². The quantitative estimate of drug-likeness (QED) is 0.763. The monoisotopic (exact) mass is 348 g/mol. The molecule has 7 heteroatoms. The minimum atomic E-state index is -0.926. The Bertz CT molecular complexity index is 482. The van der Waals surface area contributed by atoms with Crippen molar-refractivity contribution in [3.8, 4) is 0 Å². The van der Waals surface area contributed by atoms with Gasteiger partial charge in [-0.1, -0.05) is 34.5 Å². The van der Waals surface area contributed by atoms with Crippen molar-refractivity contribution in [1.82, 2.24) is 5.32 Å². The Balaban J connectivity index is 2.53. The number of benzene rings is 1. The molecule has 104 valence electrons. The van der Waals surface area contributed by atoms with Gasteiger partial charge in [-0.3, -0.25) is 4.79 Å². The first-order valence-corrected chi connectivity index (χ1v) is 6.83. The third kappa shape index (κ3) is 5.08. The van der Waals surface area contributed by atoms with Crippen molar-refractivity contribution >= 4 is 45.2 Å². The summed E-state index contributed by atoms with van der Waals surface area (Å²) in [6.45, 7) is 1.83. The second-order valence-electron chi connectivity index (χ2n) is 3.90. The molecule has 1 aromatic carbocycles. The van der Waals surface area contributed by atoms with E-state index < -0.39 is 17.9 Å². The molecule has 3 N–H and O–H groups in total. The van der Waals surface area contributed by atoms with Crippen LogP contribution in [-0.2, 0) is 4.79 Å². The van der Waals surface area contributed by atoms with E-state index in [4.69, 9.17) is 16.7 Å². The summed E-state index contributed by atoms with van der Waals surface area (Å²) in [7, 11) is 0. The SMILES string of the molecule is CCC(CNC(=O)Nc1ccc(Br)cc1Cl)C(=O)O. The number of aliphatic carboxylic acids is 1. The first kappa shape index (κ1) is 15.8. The minimum Gasteiger partial charge on any atom is -0.481 e. The number of carboxylic acid groups (broad SMARTS) is 1. The maximum atomic E-state index is 11.6. The van der Waals surface area contributed by atoms with E-state index in [0.717, 1.165) is 4.47 Å². The van der Waals surface area contributed by atoms with Crippen LogP contribution in [0, 0.1) is 5.92 Å². The van der Waals surface area contributed by atoms with Crippen molar-refractivity contribution in [2.24, 2.45) is 5.92 Å². The predicted octanol–water partition coefficient (Wildman–Crippen LogP) is 3.33. The number of anilines is 1. The maximum absolute atomic E-state index is 11.6. The van der Waals surface area contributed by atoms with Gasteiger partial charge in [0.25, 0.3) is 0 Å². The van der Waals surface area contributed by atoms with Crippen molar-refractivity contribution in [2.45, 2.75) is 13.3 Å². The average Bonchev–Trinajstić information content (AvgIpc) is 2.33. The van der Waals surface area contributed by atoms with Gasteiger partial charge in [-0.25, -0.2) is 4.79 Å². The highest BCUT2D eigenvalue weighted by Crippen LogP contribution is 2.25. The normalized spacial score (nSPS) is 11.7. The molecule has 0 heterocycles. The second kappa shape index (κ2) is 7.35. The first-order valence-electron chi connectivity index (χ1n) is 5.66. The molecule has 2 amide bonds. The number of rotatable bonds is 5. The van der Waals surface area contributed by atoms with Crippen LogP contribution >= 0.6 is 27.5 Å². The molecular formula is C12H14BrClN2O3. The summed E-state index contributed by atoms with van der Waals surface area (Å²) in [4.78, 5) is 22.4. The van der Waals surface area contributed by atoms with Gasteiger partial charge in [-0.15, -0.1) is 0 Å². The van der Waals surface area contributed by atoms with Crippen LogP contribution in [0.25, 0.3) is 0 Å². The van der Waals surface area contributed by atoms with E-state index in [0.29, 0.717) is 17.1 Å². The molecule has 19 heavy (non-hydrogen) atoms. The summed E-state index contributed by atoms with van der Waals surface area (Å²) in [5.74, 6) is -1.52. The van der Waals surface area contributed by atoms with Crippen LogP contribution in [-0.4, -0.2) is 23.7 Å². The summed E-state index contributed by atoms with van der Waals surface area (Å²) in [5, 5.41) is 14.3. The fourth-order valence-electron chi connectivity index (χ4n) is 1.38. The number of carbonyl (C=O) groups excluding carboxylic acids is 1. The zero-order valence-corrected chi connectivity index (χ0v) is 12.6. The molecule has 0 saturated heterocycles. The first-order chi connectivity index (χ1) is 8.93. The topological polar surface area (TPSA) is 78.4 Å². The molecule has 1 unspecified atom stereocenters. The van der Waals surface area contributed by atoms with Crippen LogP contribution in [0.1, 0.15) is 13.3 Å². The highest BCUT2D eigenvalue weighted by molar-refractivity contribution is 9.10. The Morgan fingerprint density at radius 3 is 2.68 bits per heavy atom. The highest BCUT2D eigenvalue weighted by atomic mass is 79.9. The van der Waals surface area contributed by atoms with Crippen LogP contribution in [0.4, 0.5) is 10.5 Å². The number of amides is 2. The van der Waals surface area contributed by atoms with E-state index in [1.165, 1.54) is 0 Å². The summed E-state index contributed by atoms with van der Waals surface area (Å²) < 4.78 is 0.806. The Morgan fingerprint density at radius 1 is 1.47 bits per heavy atom. The van der Waals surface area contributed by atoms with Gasteiger partial charge in [0.05, 0.1) is 16.6 Å². The Morgan fingerprint density at radius 2 is 2.16 bits per heavy atom. The van der Waals surface area contributed by atoms with Crippen molar-refractivity contribution < 1.29 is 14.7 Å². The molecule has 0 radical (unpaired) electrons. The largest absolute Gasteiger partial charge is 0.481 e. The molecule has 0 bridgehead atoms. The Kier molecular flexibility index (Phi) is 6.11. The number of hydrogen-bond acceptors (Lipinski definition) is 2. The number of nitrogens with one attached hydrogen (secondary N) is 2. The van der Waals surface area contributed by atoms with Crippen molar-refractivity contribution in [3.05, 3.63) is 27.7 Å². The lowest BCUT2D eigenvalue weighted by molar-refractivity contribution is -0.141. The molecule has 1 atom stereocenters. The molecule has 0 aliphatic carbocycles. The predicted molar refractivity (Wildman–Crippen MR) is 77.6 cm³/mol. The van der Waals surface area contributed by atoms with Gasteiger partial charge in [-0.05, 0) is 24.6 Å². The van der Waals surface area contributed by atoms with Crippen LogP contribution in [0.5, 0.6) is 0 Å². The van der Waals surface area contributed by atoms with Gasteiger partial charge in [-0.2, -0.15) is 0 Å². The van der Waals surface area contributed by atoms with Gasteiger partial charge >= 0.3 is 12.0 Å². The zero-order chi connectivity index (χ0) is 14.4. The molecule has 1 aromatic rings. The number of hydrogen-bond donors (Lipinski definition) is 3. The summed E-state index contributed by atoms with van der Waals surface area (Å²) in [5.41, 5.74) is 0.464. The van der Waals surface area contributed by atoms with Gasteiger partial charge in [0.2, 0.25) is 0 Å². The third-order valence-electron chi connectivity index (χ3n) is 2.53. The zero-order valence-electron chi connectivity index (χ0n) is 10.2. The lowest BCUT2D eigenvalue weighted by atomic mass is 10.1. The summed E-state index contributed by atoms with van der Waals surface area (Å²) >= 11 is 9.21. The second-order valence-corrected chi connectivity index (χ2v) is 5.23. The maximum Gasteiger partial charge on any atom is 0.319 e. The molecule has 0 aliphatic rings. The number of urea groups is 1. The fraction of sp³-hybridized carbons (Fsp3) is 0.333. The summed E-state index contributed by atoms with van der Waals surface area (Å²) in [6.07, 6.45) is 0.453. The summed E-state index contributed by atoms with van der Waals surface area (Å²) in [6, 6.07) is 4.57. The lowest BCUT2D eigenvalue weighted by Crippen LogP contribution is -2.35. The standard InChI is InChI=1S/C12H14BrClN2O3/c1-2-7(11(17)18)6-15-12(19)16-10-4-3-8(13)5-9(10)14/h3-5,7H,2,6H2,1H3,(H,17,18)(H2,15,16,19). The number of halogens is 2. The van der Waals surface area contributed by atoms with E-state index in [1.807, 2.05) is 0 Å². The minimum absolute atomic E-state index is 0.0752. The molecule has 0 fully saturated rings. The Hall–Kier alpha value is -1.27. The van der Waals surface area contributed by atoms with E-state index >= 15 is 0 Å². The molecule has 0 saturated carbocycles. The van der Waals surface area contributed by atoms with Crippen LogP contribution in [0.2, 0.25) is 5.02 Å². The molecule has 1 rings (SSSR count). The number of carboxylic acids is 1. The smallest absolute Gasteiger partial charge is 0.319 e. The Labute approximate surface area is 124 Å².